The molecule has 3 aliphatic carbocycles. The van der Waals surface area contributed by atoms with Crippen LogP contribution >= 0.6 is 0 Å². The molecule has 15 rings (SSSR count). The molecule has 71 heavy (non-hydrogen) atoms. The minimum Gasteiger partial charge on any atom is -0.454 e. The molecule has 0 saturated heterocycles. The van der Waals surface area contributed by atoms with Gasteiger partial charge in [-0.2, -0.15) is 0 Å². The molecule has 0 saturated carbocycles. The maximum absolute atomic E-state index is 6.37. The first kappa shape index (κ1) is 40.0. The molecule has 4 aliphatic rings. The van der Waals surface area contributed by atoms with Gasteiger partial charge in [0.25, 0.3) is 0 Å². The average Bonchev–Trinajstić information content (AvgIpc) is 4.20. The predicted octanol–water partition coefficient (Wildman–Crippen LogP) is 16.8. The number of hydrogen-bond donors (Lipinski definition) is 0. The summed E-state index contributed by atoms with van der Waals surface area (Å²) in [5, 5.41) is 0. The summed E-state index contributed by atoms with van der Waals surface area (Å²) >= 11 is 0. The molecule has 2 heteroatoms. The van der Waals surface area contributed by atoms with Gasteiger partial charge in [0.15, 0.2) is 11.5 Å². The van der Waals surface area contributed by atoms with Gasteiger partial charge in [0.05, 0.1) is 10.8 Å². The Morgan fingerprint density at radius 3 is 1.15 bits per heavy atom. The Bertz CT molecular complexity index is 3800. The van der Waals surface area contributed by atoms with Gasteiger partial charge in [0.2, 0.25) is 6.79 Å². The zero-order valence-electron chi connectivity index (χ0n) is 38.8. The van der Waals surface area contributed by atoms with Gasteiger partial charge < -0.3 is 9.47 Å². The van der Waals surface area contributed by atoms with Crippen LogP contribution in [0.2, 0.25) is 0 Å². The summed E-state index contributed by atoms with van der Waals surface area (Å²) in [5.41, 5.74) is 25.8. The lowest BCUT2D eigenvalue weighted by atomic mass is 9.66. The summed E-state index contributed by atoms with van der Waals surface area (Å²) in [6, 6.07) is 94.8. The van der Waals surface area contributed by atoms with E-state index in [2.05, 4.69) is 255 Å². The van der Waals surface area contributed by atoms with E-state index in [1.54, 1.807) is 0 Å². The van der Waals surface area contributed by atoms with Crippen molar-refractivity contribution in [2.24, 2.45) is 0 Å². The predicted molar refractivity (Wildman–Crippen MR) is 288 cm³/mol. The second-order valence-electron chi connectivity index (χ2n) is 19.4. The lowest BCUT2D eigenvalue weighted by Gasteiger charge is -2.35. The SMILES string of the molecule is c1ccc(-c2cccc(-c3cccc(C4(c5cccc(-c6cccc(-c7ccccc7)c6)c5)c5cc6c(cc5-c5c4ccc4c5-c5ccccc5C45c4ccccc4-c4ccccc45)OCO6)c3)c2)cc1. The van der Waals surface area contributed by atoms with Crippen molar-refractivity contribution in [3.63, 3.8) is 0 Å². The highest BCUT2D eigenvalue weighted by molar-refractivity contribution is 6.05. The Morgan fingerprint density at radius 2 is 0.620 bits per heavy atom. The number of rotatable bonds is 6. The van der Waals surface area contributed by atoms with Crippen LogP contribution in [0, 0.1) is 0 Å². The molecule has 0 aromatic heterocycles. The fourth-order valence-corrected chi connectivity index (χ4v) is 13.1. The minimum atomic E-state index is -0.781. The molecular formula is C69H44O2. The molecule has 0 N–H and O–H groups in total. The molecule has 0 radical (unpaired) electrons. The van der Waals surface area contributed by atoms with Crippen LogP contribution in [0.1, 0.15) is 44.5 Å². The molecule has 0 fully saturated rings. The van der Waals surface area contributed by atoms with Crippen molar-refractivity contribution < 1.29 is 9.47 Å². The number of benzene rings is 11. The quantitative estimate of drug-likeness (QED) is 0.166. The van der Waals surface area contributed by atoms with Crippen LogP contribution in [0.4, 0.5) is 0 Å². The number of fused-ring (bicyclic) bond motifs is 15. The van der Waals surface area contributed by atoms with Gasteiger partial charge in [0, 0.05) is 0 Å². The van der Waals surface area contributed by atoms with Crippen molar-refractivity contribution in [3.05, 3.63) is 299 Å². The Kier molecular flexibility index (Phi) is 8.59. The van der Waals surface area contributed by atoms with Gasteiger partial charge >= 0.3 is 0 Å². The third kappa shape index (κ3) is 5.59. The summed E-state index contributed by atoms with van der Waals surface area (Å²) in [4.78, 5) is 0. The van der Waals surface area contributed by atoms with Gasteiger partial charge in [0.1, 0.15) is 0 Å². The lowest BCUT2D eigenvalue weighted by Crippen LogP contribution is -2.29. The molecule has 11 aromatic carbocycles. The molecule has 0 atom stereocenters. The number of hydrogen-bond acceptors (Lipinski definition) is 2. The summed E-state index contributed by atoms with van der Waals surface area (Å²) in [6.07, 6.45) is 0. The van der Waals surface area contributed by atoms with Crippen LogP contribution in [0.15, 0.2) is 255 Å². The van der Waals surface area contributed by atoms with E-state index in [4.69, 9.17) is 9.47 Å². The van der Waals surface area contributed by atoms with Crippen molar-refractivity contribution in [2.45, 2.75) is 10.8 Å². The summed E-state index contributed by atoms with van der Waals surface area (Å²) in [6.45, 7) is 0.185. The Morgan fingerprint density at radius 1 is 0.239 bits per heavy atom. The lowest BCUT2D eigenvalue weighted by molar-refractivity contribution is 0.174. The third-order valence-electron chi connectivity index (χ3n) is 15.9. The van der Waals surface area contributed by atoms with E-state index in [1.165, 1.54) is 111 Å². The fraction of sp³-hybridized carbons (Fsp3) is 0.0435. The standard InChI is InChI=1S/C69H44O2/c1-3-17-44(18-4-1)46-21-13-23-48(37-46)50-25-15-27-52(39-50)68(53-28-16-26-51(40-53)49-24-14-22-47(38-49)45-19-5-2-6-20-45)61-35-36-62-66(67(61)57-41-64-65(42-63(57)68)71-43-70-64)56-31-9-12-34-60(56)69(62)58-32-10-7-29-54(58)55-30-8-11-33-59(55)69/h1-42H,43H2. The van der Waals surface area contributed by atoms with Gasteiger partial charge in [-0.15, -0.1) is 0 Å². The Hall–Kier alpha value is -8.98. The maximum atomic E-state index is 6.37. The second kappa shape index (κ2) is 15.3. The van der Waals surface area contributed by atoms with E-state index >= 15 is 0 Å². The highest BCUT2D eigenvalue weighted by Gasteiger charge is 2.55. The molecule has 0 unspecified atom stereocenters. The molecule has 2 nitrogen and oxygen atoms in total. The van der Waals surface area contributed by atoms with E-state index in [-0.39, 0.29) is 6.79 Å². The van der Waals surface area contributed by atoms with Crippen LogP contribution in [0.5, 0.6) is 11.5 Å². The molecule has 11 aromatic rings. The molecule has 0 bridgehead atoms. The Balaban J connectivity index is 1.04. The number of ether oxygens (including phenoxy) is 2. The molecule has 1 aliphatic heterocycles. The Labute approximate surface area is 413 Å². The van der Waals surface area contributed by atoms with Crippen molar-refractivity contribution >= 4 is 0 Å². The van der Waals surface area contributed by atoms with Gasteiger partial charge in [-0.1, -0.05) is 218 Å². The molecule has 332 valence electrons. The first-order valence-electron chi connectivity index (χ1n) is 24.6. The van der Waals surface area contributed by atoms with E-state index < -0.39 is 10.8 Å². The summed E-state index contributed by atoms with van der Waals surface area (Å²) in [7, 11) is 0. The average molecular weight is 905 g/mol. The molecule has 1 heterocycles. The summed E-state index contributed by atoms with van der Waals surface area (Å²) in [5.74, 6) is 1.55. The van der Waals surface area contributed by atoms with Gasteiger partial charge in [-0.05, 0) is 159 Å². The van der Waals surface area contributed by atoms with E-state index in [0.717, 1.165) is 22.6 Å². The third-order valence-corrected chi connectivity index (χ3v) is 15.9. The van der Waals surface area contributed by atoms with Gasteiger partial charge in [-0.3, -0.25) is 0 Å². The maximum Gasteiger partial charge on any atom is 0.231 e. The molecule has 0 amide bonds. The fourth-order valence-electron chi connectivity index (χ4n) is 13.1. The summed E-state index contributed by atoms with van der Waals surface area (Å²) < 4.78 is 12.7. The topological polar surface area (TPSA) is 18.5 Å². The first-order valence-corrected chi connectivity index (χ1v) is 24.6. The van der Waals surface area contributed by atoms with E-state index in [1.807, 2.05) is 0 Å². The zero-order valence-corrected chi connectivity index (χ0v) is 38.8. The van der Waals surface area contributed by atoms with Crippen molar-refractivity contribution in [1.29, 1.82) is 0 Å². The van der Waals surface area contributed by atoms with E-state index in [0.29, 0.717) is 0 Å². The monoisotopic (exact) mass is 904 g/mol. The van der Waals surface area contributed by atoms with Crippen LogP contribution in [0.25, 0.3) is 77.9 Å². The van der Waals surface area contributed by atoms with Crippen LogP contribution in [0.3, 0.4) is 0 Å². The normalized spacial score (nSPS) is 14.3. The van der Waals surface area contributed by atoms with Gasteiger partial charge in [-0.25, -0.2) is 0 Å². The molecular weight excluding hydrogens is 861 g/mol. The second-order valence-corrected chi connectivity index (χ2v) is 19.4. The van der Waals surface area contributed by atoms with E-state index in [9.17, 15) is 0 Å². The largest absolute Gasteiger partial charge is 0.454 e. The van der Waals surface area contributed by atoms with Crippen molar-refractivity contribution in [1.82, 2.24) is 0 Å². The zero-order chi connectivity index (χ0) is 46.7. The van der Waals surface area contributed by atoms with Crippen LogP contribution in [-0.2, 0) is 10.8 Å². The van der Waals surface area contributed by atoms with Crippen molar-refractivity contribution in [3.8, 4) is 89.4 Å². The first-order chi connectivity index (χ1) is 35.2. The smallest absolute Gasteiger partial charge is 0.231 e. The molecule has 1 spiro atoms. The van der Waals surface area contributed by atoms with Crippen LogP contribution < -0.4 is 9.47 Å². The highest BCUT2D eigenvalue weighted by Crippen LogP contribution is 2.68. The minimum absolute atomic E-state index is 0.185. The highest BCUT2D eigenvalue weighted by atomic mass is 16.7. The van der Waals surface area contributed by atoms with Crippen LogP contribution in [-0.4, -0.2) is 6.79 Å². The van der Waals surface area contributed by atoms with Crippen molar-refractivity contribution in [2.75, 3.05) is 6.79 Å².